The van der Waals surface area contributed by atoms with Gasteiger partial charge in [-0.15, -0.1) is 0 Å². The van der Waals surface area contributed by atoms with E-state index < -0.39 is 15.9 Å². The van der Waals surface area contributed by atoms with Crippen LogP contribution < -0.4 is 10.5 Å². The van der Waals surface area contributed by atoms with Gasteiger partial charge in [-0.2, -0.15) is 4.37 Å². The first kappa shape index (κ1) is 17.7. The van der Waals surface area contributed by atoms with Crippen molar-refractivity contribution in [1.82, 2.24) is 9.36 Å². The first-order valence-electron chi connectivity index (χ1n) is 5.60. The second kappa shape index (κ2) is 7.59. The molecule has 118 valence electrons. The van der Waals surface area contributed by atoms with Crippen molar-refractivity contribution in [1.29, 1.82) is 0 Å². The van der Waals surface area contributed by atoms with E-state index in [0.29, 0.717) is 5.56 Å². The van der Waals surface area contributed by atoms with E-state index in [4.69, 9.17) is 15.0 Å². The van der Waals surface area contributed by atoms with Crippen molar-refractivity contribution < 1.29 is 23.1 Å². The summed E-state index contributed by atoms with van der Waals surface area (Å²) in [5.41, 5.74) is 0.292. The summed E-state index contributed by atoms with van der Waals surface area (Å²) in [7, 11) is -3.76. The molecule has 22 heavy (non-hydrogen) atoms. The van der Waals surface area contributed by atoms with E-state index in [1.54, 1.807) is 6.92 Å². The molecule has 1 heterocycles. The van der Waals surface area contributed by atoms with Gasteiger partial charge in [0.1, 0.15) is 5.01 Å². The SMILES string of the molecule is Cc1nc(NC(=O)c2ccc(S(N)(=O)=O)cc2)ns1.O=CO. The second-order valence-corrected chi connectivity index (χ2v) is 6.28. The number of anilines is 1. The van der Waals surface area contributed by atoms with Crippen LogP contribution in [0, 0.1) is 6.92 Å². The number of aromatic nitrogens is 2. The van der Waals surface area contributed by atoms with Crippen molar-refractivity contribution in [3.05, 3.63) is 34.8 Å². The highest BCUT2D eigenvalue weighted by atomic mass is 32.2. The minimum atomic E-state index is -3.76. The Bertz CT molecular complexity index is 755. The predicted octanol–water partition coefficient (Wildman–Crippen LogP) is 0.447. The van der Waals surface area contributed by atoms with Crippen LogP contribution in [0.4, 0.5) is 5.95 Å². The Morgan fingerprint density at radius 3 is 2.32 bits per heavy atom. The van der Waals surface area contributed by atoms with Crippen molar-refractivity contribution >= 4 is 39.9 Å². The highest BCUT2D eigenvalue weighted by Gasteiger charge is 2.11. The maximum absolute atomic E-state index is 11.8. The number of aryl methyl sites for hydroxylation is 1. The van der Waals surface area contributed by atoms with E-state index in [0.717, 1.165) is 5.01 Å². The van der Waals surface area contributed by atoms with E-state index in [-0.39, 0.29) is 17.3 Å². The minimum absolute atomic E-state index is 0.0494. The lowest BCUT2D eigenvalue weighted by Crippen LogP contribution is -2.15. The van der Waals surface area contributed by atoms with Gasteiger partial charge in [0.05, 0.1) is 4.90 Å². The largest absolute Gasteiger partial charge is 0.483 e. The summed E-state index contributed by atoms with van der Waals surface area (Å²) < 4.78 is 26.1. The van der Waals surface area contributed by atoms with Crippen LogP contribution in [-0.4, -0.2) is 35.3 Å². The molecule has 0 aliphatic carbocycles. The number of carboxylic acid groups (broad SMARTS) is 1. The molecule has 9 nitrogen and oxygen atoms in total. The van der Waals surface area contributed by atoms with E-state index in [1.165, 1.54) is 35.8 Å². The summed E-state index contributed by atoms with van der Waals surface area (Å²) in [4.78, 5) is 24.1. The van der Waals surface area contributed by atoms with Crippen LogP contribution in [0.1, 0.15) is 15.4 Å². The van der Waals surface area contributed by atoms with Gasteiger partial charge >= 0.3 is 0 Å². The number of carbonyl (C=O) groups excluding carboxylic acids is 1. The molecule has 0 aliphatic heterocycles. The van der Waals surface area contributed by atoms with Crippen molar-refractivity contribution in [2.75, 3.05) is 5.32 Å². The molecular weight excluding hydrogens is 332 g/mol. The van der Waals surface area contributed by atoms with Gasteiger partial charge < -0.3 is 5.11 Å². The summed E-state index contributed by atoms with van der Waals surface area (Å²) in [6.07, 6.45) is 0. The Labute approximate surface area is 130 Å². The van der Waals surface area contributed by atoms with Crippen LogP contribution in [0.5, 0.6) is 0 Å². The number of hydrogen-bond donors (Lipinski definition) is 3. The smallest absolute Gasteiger partial charge is 0.290 e. The van der Waals surface area contributed by atoms with Gasteiger partial charge in [-0.3, -0.25) is 14.9 Å². The monoisotopic (exact) mass is 344 g/mol. The zero-order valence-corrected chi connectivity index (χ0v) is 12.9. The Kier molecular flexibility index (Phi) is 6.10. The topological polar surface area (TPSA) is 152 Å². The predicted molar refractivity (Wildman–Crippen MR) is 79.1 cm³/mol. The average molecular weight is 344 g/mol. The lowest BCUT2D eigenvalue weighted by atomic mass is 10.2. The quantitative estimate of drug-likeness (QED) is 0.683. The van der Waals surface area contributed by atoms with E-state index >= 15 is 0 Å². The molecular formula is C11H12N4O5S2. The molecule has 0 atom stereocenters. The molecule has 0 spiro atoms. The molecule has 11 heteroatoms. The fourth-order valence-corrected chi connectivity index (χ4v) is 2.27. The van der Waals surface area contributed by atoms with Crippen molar-refractivity contribution in [3.63, 3.8) is 0 Å². The number of primary sulfonamides is 1. The Balaban J connectivity index is 0.000000745. The molecule has 0 aliphatic rings. The van der Waals surface area contributed by atoms with Crippen LogP contribution in [0.2, 0.25) is 0 Å². The van der Waals surface area contributed by atoms with E-state index in [9.17, 15) is 13.2 Å². The van der Waals surface area contributed by atoms with Gasteiger partial charge in [0.2, 0.25) is 16.0 Å². The molecule has 1 amide bonds. The van der Waals surface area contributed by atoms with Gasteiger partial charge in [0.15, 0.2) is 0 Å². The molecule has 0 saturated heterocycles. The molecule has 1 aromatic heterocycles. The molecule has 0 fully saturated rings. The molecule has 2 aromatic rings. The standard InChI is InChI=1S/C10H10N4O3S2.CH2O2/c1-6-12-10(14-18-6)13-9(15)7-2-4-8(5-3-7)19(11,16)17;2-1-3/h2-5H,1H3,(H2,11,16,17)(H,13,14,15);1H,(H,2,3). The molecule has 1 aromatic carbocycles. The fraction of sp³-hybridized carbons (Fsp3) is 0.0909. The Morgan fingerprint density at radius 2 is 1.91 bits per heavy atom. The number of amides is 1. The molecule has 0 bridgehead atoms. The van der Waals surface area contributed by atoms with Crippen molar-refractivity contribution in [2.45, 2.75) is 11.8 Å². The minimum Gasteiger partial charge on any atom is -0.483 e. The van der Waals surface area contributed by atoms with Gasteiger partial charge in [0.25, 0.3) is 12.4 Å². The number of carbonyl (C=O) groups is 2. The summed E-state index contributed by atoms with van der Waals surface area (Å²) in [6, 6.07) is 5.27. The van der Waals surface area contributed by atoms with E-state index in [2.05, 4.69) is 14.7 Å². The van der Waals surface area contributed by atoms with Gasteiger partial charge in [-0.25, -0.2) is 18.5 Å². The zero-order valence-electron chi connectivity index (χ0n) is 11.3. The summed E-state index contributed by atoms with van der Waals surface area (Å²) in [5, 5.41) is 15.1. The number of nitrogens with zero attached hydrogens (tertiary/aromatic N) is 2. The van der Waals surface area contributed by atoms with Gasteiger partial charge in [-0.05, 0) is 42.7 Å². The van der Waals surface area contributed by atoms with Crippen molar-refractivity contribution in [3.8, 4) is 0 Å². The zero-order chi connectivity index (χ0) is 16.8. The molecule has 2 rings (SSSR count). The van der Waals surface area contributed by atoms with Crippen LogP contribution in [0.25, 0.3) is 0 Å². The molecule has 0 radical (unpaired) electrons. The number of rotatable bonds is 3. The normalized spacial score (nSPS) is 10.3. The first-order chi connectivity index (χ1) is 10.3. The summed E-state index contributed by atoms with van der Waals surface area (Å²) >= 11 is 1.18. The summed E-state index contributed by atoms with van der Waals surface area (Å²) in [6.45, 7) is 1.52. The average Bonchev–Trinajstić information content (AvgIpc) is 2.84. The number of benzene rings is 1. The number of nitrogens with one attached hydrogen (secondary N) is 1. The summed E-state index contributed by atoms with van der Waals surface area (Å²) in [5.74, 6) is -0.193. The maximum atomic E-state index is 11.8. The van der Waals surface area contributed by atoms with Crippen LogP contribution >= 0.6 is 11.5 Å². The van der Waals surface area contributed by atoms with Gasteiger partial charge in [-0.1, -0.05) is 0 Å². The second-order valence-electron chi connectivity index (χ2n) is 3.77. The number of hydrogen-bond acceptors (Lipinski definition) is 7. The molecule has 0 unspecified atom stereocenters. The number of nitrogens with two attached hydrogens (primary N) is 1. The van der Waals surface area contributed by atoms with E-state index in [1.807, 2.05) is 0 Å². The molecule has 4 N–H and O–H groups in total. The molecule has 0 saturated carbocycles. The highest BCUT2D eigenvalue weighted by molar-refractivity contribution is 7.89. The lowest BCUT2D eigenvalue weighted by molar-refractivity contribution is -0.122. The Hall–Kier alpha value is -2.37. The first-order valence-corrected chi connectivity index (χ1v) is 7.92. The van der Waals surface area contributed by atoms with Crippen LogP contribution in [0.15, 0.2) is 29.2 Å². The third-order valence-electron chi connectivity index (χ3n) is 2.20. The van der Waals surface area contributed by atoms with Gasteiger partial charge in [0, 0.05) is 5.56 Å². The maximum Gasteiger partial charge on any atom is 0.290 e. The van der Waals surface area contributed by atoms with Crippen LogP contribution in [0.3, 0.4) is 0 Å². The van der Waals surface area contributed by atoms with Crippen molar-refractivity contribution in [2.24, 2.45) is 5.14 Å². The Morgan fingerprint density at radius 1 is 1.36 bits per heavy atom. The fourth-order valence-electron chi connectivity index (χ4n) is 1.32. The van der Waals surface area contributed by atoms with Crippen LogP contribution in [-0.2, 0) is 14.8 Å². The highest BCUT2D eigenvalue weighted by Crippen LogP contribution is 2.11. The lowest BCUT2D eigenvalue weighted by Gasteiger charge is -2.02. The third kappa shape index (κ3) is 5.20. The third-order valence-corrected chi connectivity index (χ3v) is 3.75. The number of sulfonamides is 1.